The third kappa shape index (κ3) is 3.17. The first-order valence-electron chi connectivity index (χ1n) is 8.70. The lowest BCUT2D eigenvalue weighted by atomic mass is 9.80. The first-order chi connectivity index (χ1) is 11.4. The van der Waals surface area contributed by atoms with Gasteiger partial charge in [-0.25, -0.2) is 4.79 Å². The van der Waals surface area contributed by atoms with E-state index in [4.69, 9.17) is 0 Å². The zero-order valence-corrected chi connectivity index (χ0v) is 14.8. The minimum atomic E-state index is -0.756. The Morgan fingerprint density at radius 3 is 2.79 bits per heavy atom. The van der Waals surface area contributed by atoms with Gasteiger partial charge in [0.25, 0.3) is 5.91 Å². The topological polar surface area (TPSA) is 70.5 Å². The molecule has 24 heavy (non-hydrogen) atoms. The third-order valence-electron chi connectivity index (χ3n) is 5.44. The number of carbonyl (C=O) groups excluding carboxylic acids is 2. The standard InChI is InChI=1S/C17H27N5O2/c1-17(15(23)21(3)16(24)19-17)14-7-5-9-22(12-14)8-4-6-13-10-18-20(2)11-13/h10-11,14H,4-9,12H2,1-3H3,(H,19,24)/t14-,17+/m0/s1. The van der Waals surface area contributed by atoms with Gasteiger partial charge < -0.3 is 10.2 Å². The van der Waals surface area contributed by atoms with Crippen LogP contribution < -0.4 is 5.32 Å². The highest BCUT2D eigenvalue weighted by Gasteiger charge is 2.51. The van der Waals surface area contributed by atoms with E-state index in [9.17, 15) is 9.59 Å². The summed E-state index contributed by atoms with van der Waals surface area (Å²) in [6.07, 6.45) is 8.13. The van der Waals surface area contributed by atoms with Gasteiger partial charge in [-0.2, -0.15) is 5.10 Å². The number of aryl methyl sites for hydroxylation is 2. The van der Waals surface area contributed by atoms with E-state index < -0.39 is 5.54 Å². The van der Waals surface area contributed by atoms with Crippen molar-refractivity contribution in [3.8, 4) is 0 Å². The Hall–Kier alpha value is -1.89. The van der Waals surface area contributed by atoms with E-state index in [0.717, 1.165) is 45.3 Å². The molecule has 1 aromatic heterocycles. The fraction of sp³-hybridized carbons (Fsp3) is 0.706. The predicted molar refractivity (Wildman–Crippen MR) is 90.4 cm³/mol. The number of nitrogens with one attached hydrogen (secondary N) is 1. The van der Waals surface area contributed by atoms with Crippen LogP contribution in [0.4, 0.5) is 4.79 Å². The number of likely N-dealkylation sites (N-methyl/N-ethyl adjacent to an activating group) is 1. The van der Waals surface area contributed by atoms with Crippen LogP contribution in [0.25, 0.3) is 0 Å². The fourth-order valence-electron chi connectivity index (χ4n) is 3.91. The maximum absolute atomic E-state index is 12.5. The number of amides is 3. The van der Waals surface area contributed by atoms with Crippen molar-refractivity contribution in [1.29, 1.82) is 0 Å². The SMILES string of the molecule is CN1C(=O)N[C@](C)([C@H]2CCCN(CCCc3cnn(C)c3)C2)C1=O. The van der Waals surface area contributed by atoms with Gasteiger partial charge in [0.2, 0.25) is 0 Å². The van der Waals surface area contributed by atoms with Gasteiger partial charge in [-0.1, -0.05) is 0 Å². The summed E-state index contributed by atoms with van der Waals surface area (Å²) in [5.74, 6) is 0.0701. The molecule has 2 saturated heterocycles. The quantitative estimate of drug-likeness (QED) is 0.816. The number of imide groups is 1. The second-order valence-corrected chi connectivity index (χ2v) is 7.26. The normalized spacial score (nSPS) is 28.5. The molecule has 3 heterocycles. The summed E-state index contributed by atoms with van der Waals surface area (Å²) in [6, 6.07) is -0.281. The van der Waals surface area contributed by atoms with Crippen molar-refractivity contribution in [1.82, 2.24) is 24.9 Å². The summed E-state index contributed by atoms with van der Waals surface area (Å²) >= 11 is 0. The molecule has 0 bridgehead atoms. The zero-order chi connectivity index (χ0) is 17.3. The van der Waals surface area contributed by atoms with Gasteiger partial charge in [0, 0.05) is 32.8 Å². The largest absolute Gasteiger partial charge is 0.324 e. The van der Waals surface area contributed by atoms with Crippen molar-refractivity contribution in [2.75, 3.05) is 26.7 Å². The van der Waals surface area contributed by atoms with E-state index in [2.05, 4.69) is 21.5 Å². The van der Waals surface area contributed by atoms with Crippen LogP contribution in [0.5, 0.6) is 0 Å². The van der Waals surface area contributed by atoms with Crippen LogP contribution in [0.1, 0.15) is 31.7 Å². The number of piperidine rings is 1. The Kier molecular flexibility index (Phi) is 4.62. The highest BCUT2D eigenvalue weighted by atomic mass is 16.2. The average Bonchev–Trinajstić information content (AvgIpc) is 3.06. The number of likely N-dealkylation sites (tertiary alicyclic amines) is 1. The number of urea groups is 1. The Bertz CT molecular complexity index is 628. The minimum Gasteiger partial charge on any atom is -0.323 e. The van der Waals surface area contributed by atoms with Gasteiger partial charge >= 0.3 is 6.03 Å². The molecule has 2 aliphatic heterocycles. The summed E-state index contributed by atoms with van der Waals surface area (Å²) in [5, 5.41) is 7.10. The molecule has 2 aliphatic rings. The van der Waals surface area contributed by atoms with Gasteiger partial charge in [0.05, 0.1) is 6.20 Å². The summed E-state index contributed by atoms with van der Waals surface area (Å²) in [5.41, 5.74) is 0.506. The van der Waals surface area contributed by atoms with Crippen LogP contribution >= 0.6 is 0 Å². The van der Waals surface area contributed by atoms with Crippen LogP contribution in [-0.4, -0.2) is 63.7 Å². The average molecular weight is 333 g/mol. The molecule has 0 unspecified atom stereocenters. The lowest BCUT2D eigenvalue weighted by molar-refractivity contribution is -0.132. The molecule has 3 rings (SSSR count). The Morgan fingerprint density at radius 1 is 1.38 bits per heavy atom. The molecule has 0 aromatic carbocycles. The van der Waals surface area contributed by atoms with E-state index in [1.54, 1.807) is 7.05 Å². The fourth-order valence-corrected chi connectivity index (χ4v) is 3.91. The smallest absolute Gasteiger partial charge is 0.323 e. The zero-order valence-electron chi connectivity index (χ0n) is 14.8. The van der Waals surface area contributed by atoms with Crippen LogP contribution in [0.3, 0.4) is 0 Å². The maximum Gasteiger partial charge on any atom is 0.324 e. The van der Waals surface area contributed by atoms with Crippen LogP contribution in [-0.2, 0) is 18.3 Å². The summed E-state index contributed by atoms with van der Waals surface area (Å²) in [7, 11) is 3.49. The molecule has 3 amide bonds. The Labute approximate surface area is 143 Å². The van der Waals surface area contributed by atoms with Crippen molar-refractivity contribution in [3.63, 3.8) is 0 Å². The Balaban J connectivity index is 1.54. The molecule has 132 valence electrons. The van der Waals surface area contributed by atoms with Crippen molar-refractivity contribution >= 4 is 11.9 Å². The molecule has 7 nitrogen and oxygen atoms in total. The highest BCUT2D eigenvalue weighted by molar-refractivity contribution is 6.06. The third-order valence-corrected chi connectivity index (χ3v) is 5.44. The van der Waals surface area contributed by atoms with E-state index in [-0.39, 0.29) is 17.9 Å². The number of hydrogen-bond donors (Lipinski definition) is 1. The molecule has 1 aromatic rings. The number of aromatic nitrogens is 2. The number of carbonyl (C=O) groups is 2. The van der Waals surface area contributed by atoms with Crippen LogP contribution in [0.2, 0.25) is 0 Å². The molecule has 2 fully saturated rings. The van der Waals surface area contributed by atoms with Crippen LogP contribution in [0.15, 0.2) is 12.4 Å². The van der Waals surface area contributed by atoms with Gasteiger partial charge in [-0.05, 0) is 51.3 Å². The van der Waals surface area contributed by atoms with Gasteiger partial charge in [0.15, 0.2) is 0 Å². The van der Waals surface area contributed by atoms with E-state index in [1.165, 1.54) is 10.5 Å². The lowest BCUT2D eigenvalue weighted by Gasteiger charge is -2.39. The van der Waals surface area contributed by atoms with Gasteiger partial charge in [-0.3, -0.25) is 14.4 Å². The molecular weight excluding hydrogens is 306 g/mol. The van der Waals surface area contributed by atoms with E-state index in [0.29, 0.717) is 0 Å². The molecule has 0 aliphatic carbocycles. The first-order valence-corrected chi connectivity index (χ1v) is 8.70. The number of hydrogen-bond acceptors (Lipinski definition) is 4. The molecule has 7 heteroatoms. The number of nitrogens with zero attached hydrogens (tertiary/aromatic N) is 4. The minimum absolute atomic E-state index is 0.102. The van der Waals surface area contributed by atoms with Crippen molar-refractivity contribution in [2.45, 2.75) is 38.1 Å². The monoisotopic (exact) mass is 333 g/mol. The molecule has 1 N–H and O–H groups in total. The van der Waals surface area contributed by atoms with Gasteiger partial charge in [0.1, 0.15) is 5.54 Å². The molecular formula is C17H27N5O2. The van der Waals surface area contributed by atoms with Crippen molar-refractivity contribution in [3.05, 3.63) is 18.0 Å². The van der Waals surface area contributed by atoms with Gasteiger partial charge in [-0.15, -0.1) is 0 Å². The Morgan fingerprint density at radius 2 is 2.17 bits per heavy atom. The molecule has 0 saturated carbocycles. The van der Waals surface area contributed by atoms with E-state index in [1.807, 2.05) is 24.9 Å². The lowest BCUT2D eigenvalue weighted by Crippen LogP contribution is -2.55. The highest BCUT2D eigenvalue weighted by Crippen LogP contribution is 2.32. The maximum atomic E-state index is 12.5. The second kappa shape index (κ2) is 6.55. The first kappa shape index (κ1) is 17.0. The second-order valence-electron chi connectivity index (χ2n) is 7.26. The summed E-state index contributed by atoms with van der Waals surface area (Å²) in [6.45, 7) is 4.82. The predicted octanol–water partition coefficient (Wildman–Crippen LogP) is 1.00. The van der Waals surface area contributed by atoms with Crippen molar-refractivity contribution in [2.24, 2.45) is 13.0 Å². The molecule has 2 atom stereocenters. The van der Waals surface area contributed by atoms with E-state index >= 15 is 0 Å². The molecule has 0 spiro atoms. The van der Waals surface area contributed by atoms with Crippen LogP contribution in [0, 0.1) is 5.92 Å². The number of rotatable bonds is 5. The summed E-state index contributed by atoms with van der Waals surface area (Å²) < 4.78 is 1.83. The van der Waals surface area contributed by atoms with Crippen molar-refractivity contribution < 1.29 is 9.59 Å². The summed E-state index contributed by atoms with van der Waals surface area (Å²) in [4.78, 5) is 27.9. The molecule has 0 radical (unpaired) electrons.